The molecule has 0 fully saturated rings. The molecule has 1 amide bonds. The third-order valence-corrected chi connectivity index (χ3v) is 2.85. The highest BCUT2D eigenvalue weighted by Crippen LogP contribution is 2.17. The summed E-state index contributed by atoms with van der Waals surface area (Å²) in [5, 5.41) is 5.78. The number of hydrogen-bond acceptors (Lipinski definition) is 4. The fourth-order valence-corrected chi connectivity index (χ4v) is 1.79. The van der Waals surface area contributed by atoms with Crippen LogP contribution in [0.2, 0.25) is 0 Å². The third kappa shape index (κ3) is 3.33. The second-order valence-corrected chi connectivity index (χ2v) is 4.23. The summed E-state index contributed by atoms with van der Waals surface area (Å²) >= 11 is 0. The van der Waals surface area contributed by atoms with Gasteiger partial charge < -0.3 is 15.4 Å². The molecule has 0 spiro atoms. The first-order valence-electron chi connectivity index (χ1n) is 6.26. The van der Waals surface area contributed by atoms with E-state index in [-0.39, 0.29) is 5.91 Å². The third-order valence-electron chi connectivity index (χ3n) is 2.85. The molecule has 0 unspecified atom stereocenters. The Labute approximate surface area is 118 Å². The van der Waals surface area contributed by atoms with Crippen molar-refractivity contribution in [2.45, 2.75) is 6.61 Å². The van der Waals surface area contributed by atoms with Gasteiger partial charge in [0.15, 0.2) is 0 Å². The number of nitrogens with zero attached hydrogens (tertiary/aromatic N) is 1. The maximum absolute atomic E-state index is 12.2. The monoisotopic (exact) mass is 271 g/mol. The molecule has 2 N–H and O–H groups in total. The highest BCUT2D eigenvalue weighted by molar-refractivity contribution is 6.04. The Bertz CT molecular complexity index is 582. The van der Waals surface area contributed by atoms with E-state index >= 15 is 0 Å². The van der Waals surface area contributed by atoms with Gasteiger partial charge in [-0.2, -0.15) is 0 Å². The molecule has 20 heavy (non-hydrogen) atoms. The van der Waals surface area contributed by atoms with E-state index in [1.807, 2.05) is 24.3 Å². The maximum Gasteiger partial charge on any atom is 0.257 e. The standard InChI is InChI=1S/C15H17N3O2/c1-16-14-8-7-11(9-17-14)15(19)18-13-6-4-3-5-12(13)10-20-2/h3-9H,10H2,1-2H3,(H,16,17)(H,18,19). The number of rotatable bonds is 5. The molecule has 0 aliphatic heterocycles. The number of carbonyl (C=O) groups excluding carboxylic acids is 1. The van der Waals surface area contributed by atoms with Crippen molar-refractivity contribution in [2.75, 3.05) is 24.8 Å². The van der Waals surface area contributed by atoms with Gasteiger partial charge in [0, 0.05) is 31.6 Å². The number of para-hydroxylation sites is 1. The predicted molar refractivity (Wildman–Crippen MR) is 78.9 cm³/mol. The number of carbonyl (C=O) groups is 1. The van der Waals surface area contributed by atoms with Gasteiger partial charge >= 0.3 is 0 Å². The van der Waals surface area contributed by atoms with Crippen molar-refractivity contribution < 1.29 is 9.53 Å². The van der Waals surface area contributed by atoms with E-state index in [1.165, 1.54) is 0 Å². The fourth-order valence-electron chi connectivity index (χ4n) is 1.79. The Balaban J connectivity index is 2.14. The Morgan fingerprint density at radius 3 is 2.70 bits per heavy atom. The highest BCUT2D eigenvalue weighted by atomic mass is 16.5. The molecule has 5 heteroatoms. The number of amides is 1. The summed E-state index contributed by atoms with van der Waals surface area (Å²) in [6.45, 7) is 0.452. The quantitative estimate of drug-likeness (QED) is 0.877. The molecular formula is C15H17N3O2. The van der Waals surface area contributed by atoms with Gasteiger partial charge in [-0.25, -0.2) is 4.98 Å². The zero-order valence-electron chi connectivity index (χ0n) is 11.5. The van der Waals surface area contributed by atoms with Crippen LogP contribution in [0.3, 0.4) is 0 Å². The Morgan fingerprint density at radius 2 is 2.05 bits per heavy atom. The molecule has 1 aromatic carbocycles. The molecule has 0 bridgehead atoms. The van der Waals surface area contributed by atoms with Crippen LogP contribution in [0.25, 0.3) is 0 Å². The smallest absolute Gasteiger partial charge is 0.257 e. The van der Waals surface area contributed by atoms with Crippen LogP contribution >= 0.6 is 0 Å². The first-order valence-corrected chi connectivity index (χ1v) is 6.26. The molecule has 1 aromatic heterocycles. The minimum absolute atomic E-state index is 0.191. The highest BCUT2D eigenvalue weighted by Gasteiger charge is 2.09. The van der Waals surface area contributed by atoms with E-state index < -0.39 is 0 Å². The van der Waals surface area contributed by atoms with Crippen molar-refractivity contribution in [2.24, 2.45) is 0 Å². The van der Waals surface area contributed by atoms with Gasteiger partial charge in [-0.1, -0.05) is 18.2 Å². The molecular weight excluding hydrogens is 254 g/mol. The molecule has 0 aliphatic carbocycles. The Morgan fingerprint density at radius 1 is 1.25 bits per heavy atom. The SMILES string of the molecule is CNc1ccc(C(=O)Nc2ccccc2COC)cn1. The van der Waals surface area contributed by atoms with Gasteiger partial charge in [-0.05, 0) is 18.2 Å². The lowest BCUT2D eigenvalue weighted by Gasteiger charge is -2.10. The lowest BCUT2D eigenvalue weighted by atomic mass is 10.1. The minimum atomic E-state index is -0.191. The number of anilines is 2. The van der Waals surface area contributed by atoms with Crippen molar-refractivity contribution in [1.82, 2.24) is 4.98 Å². The first kappa shape index (κ1) is 14.0. The summed E-state index contributed by atoms with van der Waals surface area (Å²) in [7, 11) is 3.40. The van der Waals surface area contributed by atoms with Crippen molar-refractivity contribution in [1.29, 1.82) is 0 Å². The number of pyridine rings is 1. The molecule has 0 saturated heterocycles. The van der Waals surface area contributed by atoms with Crippen molar-refractivity contribution in [3.63, 3.8) is 0 Å². The van der Waals surface area contributed by atoms with E-state index in [1.54, 1.807) is 32.5 Å². The van der Waals surface area contributed by atoms with Gasteiger partial charge in [-0.15, -0.1) is 0 Å². The van der Waals surface area contributed by atoms with E-state index in [0.717, 1.165) is 17.1 Å². The van der Waals surface area contributed by atoms with Crippen LogP contribution in [0, 0.1) is 0 Å². The summed E-state index contributed by atoms with van der Waals surface area (Å²) in [5.74, 6) is 0.532. The molecule has 0 saturated carbocycles. The molecule has 2 aromatic rings. The number of hydrogen-bond donors (Lipinski definition) is 2. The number of nitrogens with one attached hydrogen (secondary N) is 2. The predicted octanol–water partition coefficient (Wildman–Crippen LogP) is 2.52. The molecule has 5 nitrogen and oxygen atoms in total. The maximum atomic E-state index is 12.2. The molecule has 1 heterocycles. The van der Waals surface area contributed by atoms with E-state index in [0.29, 0.717) is 12.2 Å². The normalized spacial score (nSPS) is 10.1. The van der Waals surface area contributed by atoms with Crippen molar-refractivity contribution >= 4 is 17.4 Å². The molecule has 104 valence electrons. The summed E-state index contributed by atoms with van der Waals surface area (Å²) in [4.78, 5) is 16.3. The van der Waals surface area contributed by atoms with Gasteiger partial charge in [0.25, 0.3) is 5.91 Å². The van der Waals surface area contributed by atoms with Crippen LogP contribution < -0.4 is 10.6 Å². The van der Waals surface area contributed by atoms with Crippen LogP contribution in [0.4, 0.5) is 11.5 Å². The van der Waals surface area contributed by atoms with Crippen LogP contribution in [0.5, 0.6) is 0 Å². The van der Waals surface area contributed by atoms with Gasteiger partial charge in [0.2, 0.25) is 0 Å². The number of benzene rings is 1. The average molecular weight is 271 g/mol. The summed E-state index contributed by atoms with van der Waals surface area (Å²) in [6.07, 6.45) is 1.54. The van der Waals surface area contributed by atoms with Crippen molar-refractivity contribution in [3.05, 3.63) is 53.7 Å². The van der Waals surface area contributed by atoms with Gasteiger partial charge in [0.1, 0.15) is 5.82 Å². The lowest BCUT2D eigenvalue weighted by Crippen LogP contribution is -2.14. The fraction of sp³-hybridized carbons (Fsp3) is 0.200. The second kappa shape index (κ2) is 6.68. The number of ether oxygens (including phenoxy) is 1. The zero-order valence-corrected chi connectivity index (χ0v) is 11.5. The van der Waals surface area contributed by atoms with Gasteiger partial charge in [-0.3, -0.25) is 4.79 Å². The van der Waals surface area contributed by atoms with Crippen LogP contribution in [-0.4, -0.2) is 25.0 Å². The lowest BCUT2D eigenvalue weighted by molar-refractivity contribution is 0.102. The number of methoxy groups -OCH3 is 1. The van der Waals surface area contributed by atoms with E-state index in [2.05, 4.69) is 15.6 Å². The largest absolute Gasteiger partial charge is 0.380 e. The van der Waals surface area contributed by atoms with E-state index in [9.17, 15) is 4.79 Å². The van der Waals surface area contributed by atoms with Crippen LogP contribution in [0.1, 0.15) is 15.9 Å². The number of aromatic nitrogens is 1. The Hall–Kier alpha value is -2.40. The molecule has 0 radical (unpaired) electrons. The van der Waals surface area contributed by atoms with Crippen LogP contribution in [-0.2, 0) is 11.3 Å². The average Bonchev–Trinajstić information content (AvgIpc) is 2.49. The molecule has 2 rings (SSSR count). The van der Waals surface area contributed by atoms with Crippen LogP contribution in [0.15, 0.2) is 42.6 Å². The molecule has 0 aliphatic rings. The molecule has 0 atom stereocenters. The summed E-state index contributed by atoms with van der Waals surface area (Å²) in [6, 6.07) is 11.0. The Kier molecular flexibility index (Phi) is 4.68. The van der Waals surface area contributed by atoms with E-state index in [4.69, 9.17) is 4.74 Å². The topological polar surface area (TPSA) is 63.2 Å². The van der Waals surface area contributed by atoms with Gasteiger partial charge in [0.05, 0.1) is 12.2 Å². The summed E-state index contributed by atoms with van der Waals surface area (Å²) in [5.41, 5.74) is 2.19. The first-order chi connectivity index (χ1) is 9.74. The minimum Gasteiger partial charge on any atom is -0.380 e. The summed E-state index contributed by atoms with van der Waals surface area (Å²) < 4.78 is 5.11. The zero-order chi connectivity index (χ0) is 14.4. The van der Waals surface area contributed by atoms with Crippen molar-refractivity contribution in [3.8, 4) is 0 Å². The second-order valence-electron chi connectivity index (χ2n) is 4.23.